The number of hydrogen-bond donors (Lipinski definition) is 2. The van der Waals surface area contributed by atoms with Gasteiger partial charge in [0.2, 0.25) is 0 Å². The zero-order valence-electron chi connectivity index (χ0n) is 10.8. The fourth-order valence-electron chi connectivity index (χ4n) is 1.73. The SMILES string of the molecule is Cc1ccc(S(=O)(=O)Nc2ccccc2F)cc1CO. The van der Waals surface area contributed by atoms with Gasteiger partial charge in [-0.05, 0) is 42.3 Å². The Morgan fingerprint density at radius 1 is 1.20 bits per heavy atom. The van der Waals surface area contributed by atoms with E-state index in [1.807, 2.05) is 0 Å². The maximum Gasteiger partial charge on any atom is 0.261 e. The van der Waals surface area contributed by atoms with Gasteiger partial charge in [-0.25, -0.2) is 12.8 Å². The van der Waals surface area contributed by atoms with Crippen molar-refractivity contribution in [1.82, 2.24) is 0 Å². The van der Waals surface area contributed by atoms with Crippen LogP contribution in [-0.2, 0) is 16.6 Å². The van der Waals surface area contributed by atoms with E-state index in [0.29, 0.717) is 5.56 Å². The lowest BCUT2D eigenvalue weighted by molar-refractivity contribution is 0.281. The molecule has 2 aromatic rings. The Balaban J connectivity index is 2.38. The van der Waals surface area contributed by atoms with Gasteiger partial charge in [0, 0.05) is 0 Å². The molecule has 0 radical (unpaired) electrons. The van der Waals surface area contributed by atoms with Gasteiger partial charge in [0.15, 0.2) is 0 Å². The van der Waals surface area contributed by atoms with Crippen LogP contribution in [0, 0.1) is 12.7 Å². The van der Waals surface area contributed by atoms with Gasteiger partial charge in [-0.15, -0.1) is 0 Å². The Bertz CT molecular complexity index is 729. The molecule has 0 aromatic heterocycles. The predicted octanol–water partition coefficient (Wildman–Crippen LogP) is 2.43. The molecular weight excluding hydrogens is 281 g/mol. The summed E-state index contributed by atoms with van der Waals surface area (Å²) in [5.41, 5.74) is 1.19. The van der Waals surface area contributed by atoms with Gasteiger partial charge in [-0.3, -0.25) is 4.72 Å². The summed E-state index contributed by atoms with van der Waals surface area (Å²) in [5, 5.41) is 9.17. The number of aryl methyl sites for hydroxylation is 1. The molecule has 0 aliphatic carbocycles. The Hall–Kier alpha value is -1.92. The van der Waals surface area contributed by atoms with Crippen molar-refractivity contribution in [3.8, 4) is 0 Å². The lowest BCUT2D eigenvalue weighted by atomic mass is 10.1. The van der Waals surface area contributed by atoms with Gasteiger partial charge >= 0.3 is 0 Å². The highest BCUT2D eigenvalue weighted by Gasteiger charge is 2.17. The zero-order valence-corrected chi connectivity index (χ0v) is 11.6. The van der Waals surface area contributed by atoms with E-state index in [9.17, 15) is 12.8 Å². The highest BCUT2D eigenvalue weighted by molar-refractivity contribution is 7.92. The molecule has 0 saturated carbocycles. The van der Waals surface area contributed by atoms with Crippen LogP contribution < -0.4 is 4.72 Å². The number of halogens is 1. The van der Waals surface area contributed by atoms with Crippen molar-refractivity contribution in [3.63, 3.8) is 0 Å². The Morgan fingerprint density at radius 2 is 1.90 bits per heavy atom. The van der Waals surface area contributed by atoms with Crippen molar-refractivity contribution in [2.75, 3.05) is 4.72 Å². The third-order valence-electron chi connectivity index (χ3n) is 2.92. The molecule has 20 heavy (non-hydrogen) atoms. The zero-order chi connectivity index (χ0) is 14.8. The Kier molecular flexibility index (Phi) is 4.06. The number of rotatable bonds is 4. The molecule has 106 valence electrons. The van der Waals surface area contributed by atoms with E-state index in [4.69, 9.17) is 5.11 Å². The smallest absolute Gasteiger partial charge is 0.261 e. The molecule has 0 atom stereocenters. The van der Waals surface area contributed by atoms with Crippen molar-refractivity contribution in [3.05, 3.63) is 59.4 Å². The summed E-state index contributed by atoms with van der Waals surface area (Å²) in [6, 6.07) is 9.91. The molecular formula is C14H14FNO3S. The molecule has 0 saturated heterocycles. The van der Waals surface area contributed by atoms with E-state index < -0.39 is 15.8 Å². The van der Waals surface area contributed by atoms with Crippen molar-refractivity contribution >= 4 is 15.7 Å². The second-order valence-electron chi connectivity index (χ2n) is 4.33. The minimum absolute atomic E-state index is 0.0181. The van der Waals surface area contributed by atoms with E-state index in [-0.39, 0.29) is 17.2 Å². The number of aliphatic hydroxyl groups is 1. The van der Waals surface area contributed by atoms with Crippen molar-refractivity contribution in [1.29, 1.82) is 0 Å². The molecule has 0 bridgehead atoms. The molecule has 0 unspecified atom stereocenters. The van der Waals surface area contributed by atoms with Crippen LogP contribution in [0.5, 0.6) is 0 Å². The average Bonchev–Trinajstić information content (AvgIpc) is 2.41. The lowest BCUT2D eigenvalue weighted by Gasteiger charge is -2.10. The molecule has 0 aliphatic heterocycles. The fraction of sp³-hybridized carbons (Fsp3) is 0.143. The normalized spacial score (nSPS) is 11.3. The molecule has 2 aromatic carbocycles. The van der Waals surface area contributed by atoms with Gasteiger partial charge in [0.05, 0.1) is 17.2 Å². The molecule has 0 spiro atoms. The summed E-state index contributed by atoms with van der Waals surface area (Å²) in [4.78, 5) is -0.0181. The van der Waals surface area contributed by atoms with Gasteiger partial charge in [0.1, 0.15) is 5.82 Å². The van der Waals surface area contributed by atoms with Crippen molar-refractivity contribution in [2.24, 2.45) is 0 Å². The van der Waals surface area contributed by atoms with E-state index in [1.165, 1.54) is 36.4 Å². The summed E-state index contributed by atoms with van der Waals surface area (Å²) in [7, 11) is -3.89. The van der Waals surface area contributed by atoms with Crippen LogP contribution in [0.2, 0.25) is 0 Å². The molecule has 6 heteroatoms. The largest absolute Gasteiger partial charge is 0.392 e. The topological polar surface area (TPSA) is 66.4 Å². The molecule has 0 fully saturated rings. The summed E-state index contributed by atoms with van der Waals surface area (Å²) in [6.45, 7) is 1.52. The number of para-hydroxylation sites is 1. The second kappa shape index (κ2) is 5.60. The first kappa shape index (κ1) is 14.5. The van der Waals surface area contributed by atoms with Crippen molar-refractivity contribution < 1.29 is 17.9 Å². The van der Waals surface area contributed by atoms with Gasteiger partial charge < -0.3 is 5.11 Å². The van der Waals surface area contributed by atoms with Gasteiger partial charge in [0.25, 0.3) is 10.0 Å². The predicted molar refractivity (Wildman–Crippen MR) is 74.3 cm³/mol. The Labute approximate surface area is 116 Å². The minimum atomic E-state index is -3.89. The number of sulfonamides is 1. The maximum absolute atomic E-state index is 13.5. The maximum atomic E-state index is 13.5. The molecule has 0 aliphatic rings. The third-order valence-corrected chi connectivity index (χ3v) is 4.28. The Morgan fingerprint density at radius 3 is 2.55 bits per heavy atom. The summed E-state index contributed by atoms with van der Waals surface area (Å²) in [6.07, 6.45) is 0. The first-order valence-electron chi connectivity index (χ1n) is 5.92. The number of anilines is 1. The van der Waals surface area contributed by atoms with E-state index in [2.05, 4.69) is 4.72 Å². The van der Waals surface area contributed by atoms with Gasteiger partial charge in [-0.1, -0.05) is 18.2 Å². The number of benzene rings is 2. The van der Waals surface area contributed by atoms with E-state index >= 15 is 0 Å². The monoisotopic (exact) mass is 295 g/mol. The summed E-state index contributed by atoms with van der Waals surface area (Å²) >= 11 is 0. The quantitative estimate of drug-likeness (QED) is 0.910. The molecule has 4 nitrogen and oxygen atoms in total. The highest BCUT2D eigenvalue weighted by atomic mass is 32.2. The highest BCUT2D eigenvalue weighted by Crippen LogP contribution is 2.21. The van der Waals surface area contributed by atoms with Gasteiger partial charge in [-0.2, -0.15) is 0 Å². The standard InChI is InChI=1S/C14H14FNO3S/c1-10-6-7-12(8-11(10)9-17)20(18,19)16-14-5-3-2-4-13(14)15/h2-8,16-17H,9H2,1H3. The molecule has 2 rings (SSSR count). The molecule has 2 N–H and O–H groups in total. The van der Waals surface area contributed by atoms with Crippen molar-refractivity contribution in [2.45, 2.75) is 18.4 Å². The van der Waals surface area contributed by atoms with Crippen LogP contribution in [-0.4, -0.2) is 13.5 Å². The number of nitrogens with one attached hydrogen (secondary N) is 1. The third kappa shape index (κ3) is 2.97. The van der Waals surface area contributed by atoms with Crippen LogP contribution in [0.25, 0.3) is 0 Å². The van der Waals surface area contributed by atoms with Crippen LogP contribution in [0.4, 0.5) is 10.1 Å². The molecule has 0 heterocycles. The number of aliphatic hydroxyl groups excluding tert-OH is 1. The molecule has 0 amide bonds. The van der Waals surface area contributed by atoms with Crippen LogP contribution in [0.15, 0.2) is 47.4 Å². The number of hydrogen-bond acceptors (Lipinski definition) is 3. The van der Waals surface area contributed by atoms with Crippen LogP contribution >= 0.6 is 0 Å². The minimum Gasteiger partial charge on any atom is -0.392 e. The average molecular weight is 295 g/mol. The second-order valence-corrected chi connectivity index (χ2v) is 6.01. The van der Waals surface area contributed by atoms with E-state index in [0.717, 1.165) is 5.56 Å². The fourth-order valence-corrected chi connectivity index (χ4v) is 2.85. The summed E-state index contributed by atoms with van der Waals surface area (Å²) < 4.78 is 40.0. The first-order valence-corrected chi connectivity index (χ1v) is 7.40. The first-order chi connectivity index (χ1) is 9.44. The summed E-state index contributed by atoms with van der Waals surface area (Å²) in [5.74, 6) is -0.648. The van der Waals surface area contributed by atoms with Crippen LogP contribution in [0.1, 0.15) is 11.1 Å². The lowest BCUT2D eigenvalue weighted by Crippen LogP contribution is -2.14. The van der Waals surface area contributed by atoms with E-state index in [1.54, 1.807) is 13.0 Å². The van der Waals surface area contributed by atoms with Crippen LogP contribution in [0.3, 0.4) is 0 Å².